The summed E-state index contributed by atoms with van der Waals surface area (Å²) in [6.07, 6.45) is 14.4. The number of aliphatic hydroxyl groups is 1. The number of nitrogens with zero attached hydrogens (tertiary/aromatic N) is 2. The van der Waals surface area contributed by atoms with Crippen LogP contribution in [-0.2, 0) is 11.4 Å². The summed E-state index contributed by atoms with van der Waals surface area (Å²) in [6, 6.07) is 4.00. The van der Waals surface area contributed by atoms with Crippen molar-refractivity contribution in [3.63, 3.8) is 0 Å². The molecular formula is C23H23N3O2. The van der Waals surface area contributed by atoms with E-state index in [2.05, 4.69) is 27.6 Å². The molecular weight excluding hydrogens is 350 g/mol. The average molecular weight is 373 g/mol. The van der Waals surface area contributed by atoms with Crippen LogP contribution >= 0.6 is 0 Å². The molecule has 0 fully saturated rings. The van der Waals surface area contributed by atoms with Crippen molar-refractivity contribution in [3.8, 4) is 11.1 Å². The molecule has 5 nitrogen and oxygen atoms in total. The number of allylic oxidation sites excluding steroid dienone is 3. The third kappa shape index (κ3) is 3.53. The van der Waals surface area contributed by atoms with Crippen LogP contribution in [0.1, 0.15) is 36.8 Å². The number of fused-ring (bicyclic) bond motifs is 1. The van der Waals surface area contributed by atoms with Crippen molar-refractivity contribution >= 4 is 22.4 Å². The standard InChI is InChI=1S/C23H23N3O2/c1-2-19(28)10-15-4-3-5-17(8-15)20-6-7-25-23-22(20)21(13-26-23)18-9-16(14-27)11-24-12-18/h2,5-7,9,11-13,15,27H,1,3-4,8,10,14H2,(H,25,26). The number of hydrogen-bond acceptors (Lipinski definition) is 4. The third-order valence-corrected chi connectivity index (χ3v) is 5.40. The van der Waals surface area contributed by atoms with Crippen molar-refractivity contribution in [1.82, 2.24) is 15.0 Å². The molecule has 1 unspecified atom stereocenters. The second kappa shape index (κ2) is 7.90. The van der Waals surface area contributed by atoms with Crippen LogP contribution in [0.2, 0.25) is 0 Å². The maximum absolute atomic E-state index is 11.8. The Bertz CT molecular complexity index is 1060. The number of aromatic amines is 1. The first-order valence-electron chi connectivity index (χ1n) is 9.55. The number of hydrogen-bond donors (Lipinski definition) is 2. The monoisotopic (exact) mass is 373 g/mol. The summed E-state index contributed by atoms with van der Waals surface area (Å²) in [7, 11) is 0. The fourth-order valence-electron chi connectivity index (χ4n) is 4.02. The number of carbonyl (C=O) groups excluding carboxylic acids is 1. The lowest BCUT2D eigenvalue weighted by atomic mass is 9.82. The Morgan fingerprint density at radius 3 is 3.07 bits per heavy atom. The van der Waals surface area contributed by atoms with E-state index in [4.69, 9.17) is 0 Å². The van der Waals surface area contributed by atoms with Gasteiger partial charge in [0.15, 0.2) is 5.78 Å². The maximum atomic E-state index is 11.8. The number of aromatic nitrogens is 3. The maximum Gasteiger partial charge on any atom is 0.155 e. The van der Waals surface area contributed by atoms with Crippen molar-refractivity contribution < 1.29 is 9.90 Å². The van der Waals surface area contributed by atoms with E-state index in [0.29, 0.717) is 12.3 Å². The molecule has 3 aromatic heterocycles. The Morgan fingerprint density at radius 2 is 2.25 bits per heavy atom. The van der Waals surface area contributed by atoms with E-state index in [1.807, 2.05) is 24.5 Å². The smallest absolute Gasteiger partial charge is 0.155 e. The van der Waals surface area contributed by atoms with Gasteiger partial charge in [0.1, 0.15) is 5.65 Å². The zero-order valence-corrected chi connectivity index (χ0v) is 15.7. The van der Waals surface area contributed by atoms with Crippen LogP contribution in [-0.4, -0.2) is 25.8 Å². The minimum absolute atomic E-state index is 0.0432. The van der Waals surface area contributed by atoms with Gasteiger partial charge in [0.25, 0.3) is 0 Å². The van der Waals surface area contributed by atoms with E-state index >= 15 is 0 Å². The molecule has 0 aromatic carbocycles. The normalized spacial score (nSPS) is 16.8. The van der Waals surface area contributed by atoms with Gasteiger partial charge in [-0.05, 0) is 60.1 Å². The summed E-state index contributed by atoms with van der Waals surface area (Å²) < 4.78 is 0. The first-order chi connectivity index (χ1) is 13.7. The van der Waals surface area contributed by atoms with Gasteiger partial charge in [-0.3, -0.25) is 9.78 Å². The molecule has 0 radical (unpaired) electrons. The molecule has 0 spiro atoms. The third-order valence-electron chi connectivity index (χ3n) is 5.40. The number of pyridine rings is 2. The highest BCUT2D eigenvalue weighted by Gasteiger charge is 2.21. The van der Waals surface area contributed by atoms with E-state index in [9.17, 15) is 9.90 Å². The molecule has 0 saturated heterocycles. The molecule has 5 heteroatoms. The van der Waals surface area contributed by atoms with E-state index in [1.54, 1.807) is 12.4 Å². The van der Waals surface area contributed by atoms with Gasteiger partial charge >= 0.3 is 0 Å². The quantitative estimate of drug-likeness (QED) is 0.626. The highest BCUT2D eigenvalue weighted by molar-refractivity contribution is 6.01. The Kier molecular flexibility index (Phi) is 5.17. The second-order valence-corrected chi connectivity index (χ2v) is 7.28. The van der Waals surface area contributed by atoms with Crippen molar-refractivity contribution in [2.45, 2.75) is 32.3 Å². The lowest BCUT2D eigenvalue weighted by Crippen LogP contribution is -2.11. The number of rotatable bonds is 6. The van der Waals surface area contributed by atoms with Gasteiger partial charge in [-0.1, -0.05) is 12.7 Å². The number of aliphatic hydroxyl groups excluding tert-OH is 1. The largest absolute Gasteiger partial charge is 0.392 e. The molecule has 0 saturated carbocycles. The van der Waals surface area contributed by atoms with Crippen molar-refractivity contribution in [3.05, 3.63) is 66.8 Å². The fraction of sp³-hybridized carbons (Fsp3) is 0.261. The molecule has 4 rings (SSSR count). The summed E-state index contributed by atoms with van der Waals surface area (Å²) in [5.41, 5.74) is 5.97. The molecule has 1 atom stereocenters. The predicted octanol–water partition coefficient (Wildman–Crippen LogP) is 4.45. The van der Waals surface area contributed by atoms with E-state index in [1.165, 1.54) is 11.6 Å². The van der Waals surface area contributed by atoms with Crippen LogP contribution in [0.25, 0.3) is 27.7 Å². The van der Waals surface area contributed by atoms with Crippen molar-refractivity contribution in [2.24, 2.45) is 5.92 Å². The molecule has 2 N–H and O–H groups in total. The van der Waals surface area contributed by atoms with Crippen LogP contribution in [0.5, 0.6) is 0 Å². The highest BCUT2D eigenvalue weighted by atomic mass is 16.3. The first kappa shape index (κ1) is 18.3. The second-order valence-electron chi connectivity index (χ2n) is 7.28. The van der Waals surface area contributed by atoms with Crippen LogP contribution in [0, 0.1) is 5.92 Å². The summed E-state index contributed by atoms with van der Waals surface area (Å²) in [6.45, 7) is 3.55. The Hall–Kier alpha value is -3.05. The Labute approximate surface area is 163 Å². The van der Waals surface area contributed by atoms with E-state index in [-0.39, 0.29) is 12.4 Å². The molecule has 3 aromatic rings. The zero-order chi connectivity index (χ0) is 19.5. The van der Waals surface area contributed by atoms with Crippen LogP contribution in [0.3, 0.4) is 0 Å². The van der Waals surface area contributed by atoms with Gasteiger partial charge < -0.3 is 10.1 Å². The van der Waals surface area contributed by atoms with E-state index < -0.39 is 0 Å². The summed E-state index contributed by atoms with van der Waals surface area (Å²) >= 11 is 0. The van der Waals surface area contributed by atoms with Crippen LogP contribution in [0.4, 0.5) is 0 Å². The van der Waals surface area contributed by atoms with Crippen LogP contribution < -0.4 is 0 Å². The fourth-order valence-corrected chi connectivity index (χ4v) is 4.02. The molecule has 28 heavy (non-hydrogen) atoms. The van der Waals surface area contributed by atoms with E-state index in [0.717, 1.165) is 52.5 Å². The number of H-pyrrole nitrogens is 1. The van der Waals surface area contributed by atoms with Gasteiger partial charge in [-0.2, -0.15) is 0 Å². The molecule has 1 aliphatic rings. The highest BCUT2D eigenvalue weighted by Crippen LogP contribution is 2.39. The van der Waals surface area contributed by atoms with Gasteiger partial charge in [-0.25, -0.2) is 4.98 Å². The van der Waals surface area contributed by atoms with Crippen molar-refractivity contribution in [2.75, 3.05) is 0 Å². The van der Waals surface area contributed by atoms with Gasteiger partial charge in [0, 0.05) is 47.7 Å². The average Bonchev–Trinajstić information content (AvgIpc) is 3.18. The van der Waals surface area contributed by atoms with Gasteiger partial charge in [0.05, 0.1) is 6.61 Å². The molecule has 142 valence electrons. The topological polar surface area (TPSA) is 78.9 Å². The van der Waals surface area contributed by atoms with Crippen LogP contribution in [0.15, 0.2) is 55.7 Å². The SMILES string of the molecule is C=CC(=O)CC1CCC=C(c2ccnc3[nH]cc(-c4cncc(CO)c4)c23)C1. The number of carbonyl (C=O) groups is 1. The zero-order valence-electron chi connectivity index (χ0n) is 15.7. The number of nitrogens with one attached hydrogen (secondary N) is 1. The summed E-state index contributed by atoms with van der Waals surface area (Å²) in [4.78, 5) is 23.8. The molecule has 0 aliphatic heterocycles. The Balaban J connectivity index is 1.76. The minimum Gasteiger partial charge on any atom is -0.392 e. The molecule has 1 aliphatic carbocycles. The van der Waals surface area contributed by atoms with Gasteiger partial charge in [0.2, 0.25) is 0 Å². The first-order valence-corrected chi connectivity index (χ1v) is 9.55. The van der Waals surface area contributed by atoms with Crippen molar-refractivity contribution in [1.29, 1.82) is 0 Å². The summed E-state index contributed by atoms with van der Waals surface area (Å²) in [5, 5.41) is 10.5. The minimum atomic E-state index is -0.0432. The van der Waals surface area contributed by atoms with Gasteiger partial charge in [-0.15, -0.1) is 0 Å². The molecule has 0 bridgehead atoms. The molecule has 3 heterocycles. The number of ketones is 1. The molecule has 0 amide bonds. The Morgan fingerprint density at radius 1 is 1.36 bits per heavy atom. The summed E-state index contributed by atoms with van der Waals surface area (Å²) in [5.74, 6) is 0.454. The predicted molar refractivity (Wildman–Crippen MR) is 110 cm³/mol. The lowest BCUT2D eigenvalue weighted by molar-refractivity contribution is -0.115. The lowest BCUT2D eigenvalue weighted by Gasteiger charge is -2.23.